The van der Waals surface area contributed by atoms with Crippen molar-refractivity contribution in [3.63, 3.8) is 0 Å². The molecular formula is C17H23N3O3S. The van der Waals surface area contributed by atoms with Crippen molar-refractivity contribution in [2.75, 3.05) is 19.6 Å². The minimum absolute atomic E-state index is 0.125. The second kappa shape index (κ2) is 6.66. The first-order chi connectivity index (χ1) is 11.5. The highest BCUT2D eigenvalue weighted by Crippen LogP contribution is 2.28. The van der Waals surface area contributed by atoms with Gasteiger partial charge in [-0.25, -0.2) is 8.42 Å². The molecule has 0 bridgehead atoms. The molecule has 3 rings (SSSR count). The van der Waals surface area contributed by atoms with Gasteiger partial charge in [-0.1, -0.05) is 13.0 Å². The Hall–Kier alpha value is -1.70. The lowest BCUT2D eigenvalue weighted by atomic mass is 10.1. The summed E-state index contributed by atoms with van der Waals surface area (Å²) in [7, 11) is -3.67. The van der Waals surface area contributed by atoms with Crippen molar-refractivity contribution < 1.29 is 8.42 Å². The highest BCUT2D eigenvalue weighted by molar-refractivity contribution is 7.89. The third-order valence-corrected chi connectivity index (χ3v) is 6.66. The Balaban J connectivity index is 2.25. The highest BCUT2D eigenvalue weighted by atomic mass is 32.2. The quantitative estimate of drug-likeness (QED) is 0.879. The zero-order valence-corrected chi connectivity index (χ0v) is 14.8. The van der Waals surface area contributed by atoms with Gasteiger partial charge in [-0.05, 0) is 44.0 Å². The molecule has 130 valence electrons. The lowest BCUT2D eigenvalue weighted by Gasteiger charge is -2.26. The fourth-order valence-corrected chi connectivity index (χ4v) is 5.24. The Morgan fingerprint density at radius 2 is 2.12 bits per heavy atom. The third-order valence-electron chi connectivity index (χ3n) is 4.60. The minimum Gasteiger partial charge on any atom is -0.328 e. The van der Waals surface area contributed by atoms with E-state index in [1.165, 1.54) is 0 Å². The lowest BCUT2D eigenvalue weighted by molar-refractivity contribution is 0.353. The van der Waals surface area contributed by atoms with Crippen molar-refractivity contribution in [1.29, 1.82) is 0 Å². The molecule has 0 spiro atoms. The van der Waals surface area contributed by atoms with Gasteiger partial charge in [0, 0.05) is 36.1 Å². The maximum Gasteiger partial charge on any atom is 0.255 e. The van der Waals surface area contributed by atoms with Crippen LogP contribution in [0.5, 0.6) is 0 Å². The Bertz CT molecular complexity index is 905. The number of nitrogens with zero attached hydrogens (tertiary/aromatic N) is 1. The molecule has 0 saturated carbocycles. The molecule has 2 N–H and O–H groups in total. The van der Waals surface area contributed by atoms with E-state index in [-0.39, 0.29) is 16.5 Å². The number of hydrogen-bond acceptors (Lipinski definition) is 4. The molecule has 7 heteroatoms. The normalized spacial score (nSPS) is 20.2. The maximum absolute atomic E-state index is 13.3. The molecule has 2 heterocycles. The lowest BCUT2D eigenvalue weighted by Crippen LogP contribution is -2.41. The first kappa shape index (κ1) is 17.1. The number of benzene rings is 1. The van der Waals surface area contributed by atoms with Crippen molar-refractivity contribution >= 4 is 20.8 Å². The first-order valence-corrected chi connectivity index (χ1v) is 9.76. The number of rotatable bonds is 3. The van der Waals surface area contributed by atoms with Gasteiger partial charge in [0.05, 0.1) is 4.90 Å². The molecule has 2 aromatic rings. The van der Waals surface area contributed by atoms with Gasteiger partial charge in [-0.2, -0.15) is 4.31 Å². The van der Waals surface area contributed by atoms with E-state index in [1.807, 2.05) is 13.8 Å². The fourth-order valence-electron chi connectivity index (χ4n) is 3.32. The monoisotopic (exact) mass is 349 g/mol. The number of H-pyrrole nitrogens is 1. The Morgan fingerprint density at radius 3 is 2.88 bits per heavy atom. The van der Waals surface area contributed by atoms with Gasteiger partial charge in [0.25, 0.3) is 5.56 Å². The van der Waals surface area contributed by atoms with Crippen LogP contribution in [0.2, 0.25) is 0 Å². The van der Waals surface area contributed by atoms with Gasteiger partial charge in [-0.15, -0.1) is 0 Å². The van der Waals surface area contributed by atoms with E-state index in [2.05, 4.69) is 10.3 Å². The van der Waals surface area contributed by atoms with E-state index in [4.69, 9.17) is 0 Å². The SMILES string of the molecule is CCc1c[nH]c(=O)c2cccc(S(=O)(=O)N3CCCNCC3C)c12. The van der Waals surface area contributed by atoms with Crippen molar-refractivity contribution in [3.05, 3.63) is 40.3 Å². The van der Waals surface area contributed by atoms with Crippen molar-refractivity contribution in [2.45, 2.75) is 37.6 Å². The zero-order valence-electron chi connectivity index (χ0n) is 14.0. The third kappa shape index (κ3) is 2.87. The molecule has 1 atom stereocenters. The number of hydrogen-bond donors (Lipinski definition) is 2. The average molecular weight is 349 g/mol. The van der Waals surface area contributed by atoms with Crippen LogP contribution in [-0.2, 0) is 16.4 Å². The zero-order chi connectivity index (χ0) is 17.3. The van der Waals surface area contributed by atoms with Gasteiger partial charge in [0.15, 0.2) is 0 Å². The van der Waals surface area contributed by atoms with Crippen LogP contribution in [0, 0.1) is 0 Å². The Morgan fingerprint density at radius 1 is 1.33 bits per heavy atom. The summed E-state index contributed by atoms with van der Waals surface area (Å²) >= 11 is 0. The smallest absolute Gasteiger partial charge is 0.255 e. The standard InChI is InChI=1S/C17H23N3O3S/c1-3-13-11-19-17(21)14-6-4-7-15(16(13)14)24(22,23)20-9-5-8-18-10-12(20)2/h4,6-7,11-12,18H,3,5,8-10H2,1-2H3,(H,19,21). The largest absolute Gasteiger partial charge is 0.328 e. The summed E-state index contributed by atoms with van der Waals surface area (Å²) in [6.07, 6.45) is 3.05. The van der Waals surface area contributed by atoms with Crippen molar-refractivity contribution in [2.24, 2.45) is 0 Å². The first-order valence-electron chi connectivity index (χ1n) is 8.32. The minimum atomic E-state index is -3.67. The van der Waals surface area contributed by atoms with Crippen LogP contribution in [-0.4, -0.2) is 43.4 Å². The number of aryl methyl sites for hydroxylation is 1. The predicted molar refractivity (Wildman–Crippen MR) is 94.8 cm³/mol. The summed E-state index contributed by atoms with van der Waals surface area (Å²) in [5.74, 6) is 0. The van der Waals surface area contributed by atoms with E-state index in [1.54, 1.807) is 28.7 Å². The maximum atomic E-state index is 13.3. The van der Waals surface area contributed by atoms with Crippen molar-refractivity contribution in [1.82, 2.24) is 14.6 Å². The van der Waals surface area contributed by atoms with Crippen LogP contribution in [0.15, 0.2) is 34.1 Å². The predicted octanol–water partition coefficient (Wildman–Crippen LogP) is 1.46. The molecule has 1 fully saturated rings. The molecule has 1 unspecified atom stereocenters. The van der Waals surface area contributed by atoms with Crippen LogP contribution in [0.3, 0.4) is 0 Å². The average Bonchev–Trinajstić information content (AvgIpc) is 2.80. The van der Waals surface area contributed by atoms with Gasteiger partial charge in [0.1, 0.15) is 0 Å². The van der Waals surface area contributed by atoms with Crippen LogP contribution in [0.4, 0.5) is 0 Å². The van der Waals surface area contributed by atoms with Crippen LogP contribution in [0.25, 0.3) is 10.8 Å². The second-order valence-electron chi connectivity index (χ2n) is 6.20. The molecule has 0 aliphatic carbocycles. The molecule has 0 amide bonds. The van der Waals surface area contributed by atoms with Crippen LogP contribution < -0.4 is 10.9 Å². The molecule has 6 nitrogen and oxygen atoms in total. The second-order valence-corrected chi connectivity index (χ2v) is 8.06. The molecule has 1 saturated heterocycles. The highest BCUT2D eigenvalue weighted by Gasteiger charge is 2.31. The number of fused-ring (bicyclic) bond motifs is 1. The number of nitrogens with one attached hydrogen (secondary N) is 2. The van der Waals surface area contributed by atoms with E-state index in [0.29, 0.717) is 30.3 Å². The van der Waals surface area contributed by atoms with E-state index in [9.17, 15) is 13.2 Å². The van der Waals surface area contributed by atoms with E-state index < -0.39 is 10.0 Å². The molecule has 0 radical (unpaired) electrons. The summed E-state index contributed by atoms with van der Waals surface area (Å²) in [6, 6.07) is 4.81. The number of aromatic amines is 1. The van der Waals surface area contributed by atoms with Crippen LogP contribution in [0.1, 0.15) is 25.8 Å². The summed E-state index contributed by atoms with van der Waals surface area (Å²) in [5, 5.41) is 4.23. The molecule has 1 aromatic heterocycles. The molecule has 1 aliphatic heterocycles. The molecule has 24 heavy (non-hydrogen) atoms. The van der Waals surface area contributed by atoms with E-state index >= 15 is 0 Å². The molecular weight excluding hydrogens is 326 g/mol. The topological polar surface area (TPSA) is 82.3 Å². The number of sulfonamides is 1. The molecule has 1 aliphatic rings. The Kier molecular flexibility index (Phi) is 4.76. The summed E-state index contributed by atoms with van der Waals surface area (Å²) in [6.45, 7) is 5.79. The molecule has 1 aromatic carbocycles. The summed E-state index contributed by atoms with van der Waals surface area (Å²) < 4.78 is 28.2. The Labute approximate surface area is 141 Å². The van der Waals surface area contributed by atoms with Gasteiger partial charge in [-0.3, -0.25) is 4.79 Å². The number of pyridine rings is 1. The fraction of sp³-hybridized carbons (Fsp3) is 0.471. The van der Waals surface area contributed by atoms with Crippen LogP contribution >= 0.6 is 0 Å². The van der Waals surface area contributed by atoms with Gasteiger partial charge in [0.2, 0.25) is 10.0 Å². The summed E-state index contributed by atoms with van der Waals surface area (Å²) in [4.78, 5) is 15.1. The van der Waals surface area contributed by atoms with Gasteiger partial charge >= 0.3 is 0 Å². The van der Waals surface area contributed by atoms with Gasteiger partial charge < -0.3 is 10.3 Å². The summed E-state index contributed by atoms with van der Waals surface area (Å²) in [5.41, 5.74) is 0.578. The number of aromatic nitrogens is 1. The van der Waals surface area contributed by atoms with Crippen molar-refractivity contribution in [3.8, 4) is 0 Å². The van der Waals surface area contributed by atoms with E-state index in [0.717, 1.165) is 18.5 Å².